The van der Waals surface area contributed by atoms with Crippen LogP contribution in [0.3, 0.4) is 0 Å². The van der Waals surface area contributed by atoms with Crippen LogP contribution in [0.2, 0.25) is 0 Å². The van der Waals surface area contributed by atoms with E-state index in [1.54, 1.807) is 13.8 Å². The van der Waals surface area contributed by atoms with Crippen molar-refractivity contribution in [1.82, 2.24) is 9.97 Å². The number of anilines is 2. The van der Waals surface area contributed by atoms with E-state index in [4.69, 9.17) is 4.42 Å². The van der Waals surface area contributed by atoms with Crippen LogP contribution < -0.4 is 10.0 Å². The molecule has 2 aromatic carbocycles. The molecule has 4 aromatic rings. The molecule has 0 bridgehead atoms. The monoisotopic (exact) mass is 454 g/mol. The average Bonchev–Trinajstić information content (AvgIpc) is 3.09. The third-order valence-corrected chi connectivity index (χ3v) is 5.99. The number of hydrogen-bond donors (Lipinski definition) is 2. The molecule has 0 spiro atoms. The molecule has 0 fully saturated rings. The summed E-state index contributed by atoms with van der Waals surface area (Å²) in [4.78, 5) is 20.6. The van der Waals surface area contributed by atoms with Gasteiger partial charge in [0, 0.05) is 28.4 Å². The van der Waals surface area contributed by atoms with E-state index in [1.165, 1.54) is 54.8 Å². The molecule has 0 aliphatic rings. The predicted octanol–water partition coefficient (Wildman–Crippen LogP) is 3.96. The van der Waals surface area contributed by atoms with Crippen molar-refractivity contribution in [1.29, 1.82) is 0 Å². The van der Waals surface area contributed by atoms with Crippen molar-refractivity contribution in [2.24, 2.45) is 0 Å². The Hall–Kier alpha value is -3.79. The molecule has 0 aliphatic carbocycles. The van der Waals surface area contributed by atoms with Crippen molar-refractivity contribution in [3.8, 4) is 0 Å². The van der Waals surface area contributed by atoms with Crippen LogP contribution in [0.1, 0.15) is 17.1 Å². The lowest BCUT2D eigenvalue weighted by Gasteiger charge is -2.10. The maximum absolute atomic E-state index is 13.5. The van der Waals surface area contributed by atoms with Gasteiger partial charge in [0.05, 0.1) is 17.6 Å². The van der Waals surface area contributed by atoms with Crippen LogP contribution in [0.15, 0.2) is 64.1 Å². The normalized spacial score (nSPS) is 11.5. The zero-order chi connectivity index (χ0) is 22.9. The lowest BCUT2D eigenvalue weighted by atomic mass is 10.1. The number of aryl methyl sites for hydroxylation is 2. The van der Waals surface area contributed by atoms with E-state index in [2.05, 4.69) is 20.0 Å². The van der Waals surface area contributed by atoms with Gasteiger partial charge in [0.2, 0.25) is 5.91 Å². The maximum atomic E-state index is 13.5. The van der Waals surface area contributed by atoms with E-state index >= 15 is 0 Å². The first-order valence-corrected chi connectivity index (χ1v) is 11.1. The average molecular weight is 454 g/mol. The third kappa shape index (κ3) is 4.75. The van der Waals surface area contributed by atoms with Crippen LogP contribution in [0.25, 0.3) is 11.0 Å². The van der Waals surface area contributed by atoms with Crippen molar-refractivity contribution in [2.75, 3.05) is 10.0 Å². The molecule has 10 heteroatoms. The van der Waals surface area contributed by atoms with Gasteiger partial charge in [-0.2, -0.15) is 0 Å². The number of amides is 1. The fraction of sp³-hybridized carbons (Fsp3) is 0.136. The molecule has 0 unspecified atom stereocenters. The van der Waals surface area contributed by atoms with Crippen molar-refractivity contribution >= 4 is 38.4 Å². The van der Waals surface area contributed by atoms with Gasteiger partial charge < -0.3 is 9.73 Å². The number of halogens is 1. The number of fused-ring (bicyclic) bond motifs is 1. The van der Waals surface area contributed by atoms with Gasteiger partial charge in [-0.1, -0.05) is 0 Å². The molecule has 2 heterocycles. The van der Waals surface area contributed by atoms with E-state index in [0.717, 1.165) is 0 Å². The third-order valence-electron chi connectivity index (χ3n) is 4.62. The highest BCUT2D eigenvalue weighted by Gasteiger charge is 2.16. The summed E-state index contributed by atoms with van der Waals surface area (Å²) in [5, 5.41) is 3.22. The first-order chi connectivity index (χ1) is 15.2. The number of benzene rings is 2. The number of rotatable bonds is 6. The molecule has 1 amide bonds. The molecular weight excluding hydrogens is 435 g/mol. The van der Waals surface area contributed by atoms with Crippen molar-refractivity contribution in [3.05, 3.63) is 77.7 Å². The Morgan fingerprint density at radius 3 is 2.53 bits per heavy atom. The van der Waals surface area contributed by atoms with Gasteiger partial charge in [-0.3, -0.25) is 9.52 Å². The van der Waals surface area contributed by atoms with E-state index in [0.29, 0.717) is 33.7 Å². The number of furan rings is 1. The quantitative estimate of drug-likeness (QED) is 0.456. The summed E-state index contributed by atoms with van der Waals surface area (Å²) >= 11 is 0. The molecule has 0 aliphatic heterocycles. The Morgan fingerprint density at radius 1 is 1.06 bits per heavy atom. The second-order valence-corrected chi connectivity index (χ2v) is 8.88. The lowest BCUT2D eigenvalue weighted by molar-refractivity contribution is -0.115. The second kappa shape index (κ2) is 8.39. The summed E-state index contributed by atoms with van der Waals surface area (Å²) in [6, 6.07) is 11.4. The van der Waals surface area contributed by atoms with Crippen LogP contribution in [0, 0.1) is 19.7 Å². The van der Waals surface area contributed by atoms with Gasteiger partial charge >= 0.3 is 0 Å². The number of nitrogens with one attached hydrogen (secondary N) is 2. The number of carbonyl (C=O) groups excluding carboxylic acids is 1. The van der Waals surface area contributed by atoms with E-state index < -0.39 is 15.8 Å². The molecule has 0 saturated carbocycles. The Morgan fingerprint density at radius 2 is 1.81 bits per heavy atom. The highest BCUT2D eigenvalue weighted by atomic mass is 32.2. The summed E-state index contributed by atoms with van der Waals surface area (Å²) < 4.78 is 46.5. The maximum Gasteiger partial charge on any atom is 0.263 e. The number of sulfonamides is 1. The van der Waals surface area contributed by atoms with Crippen molar-refractivity contribution in [2.45, 2.75) is 25.2 Å². The van der Waals surface area contributed by atoms with E-state index in [1.807, 2.05) is 0 Å². The minimum absolute atomic E-state index is 0.0146. The highest BCUT2D eigenvalue weighted by Crippen LogP contribution is 2.23. The van der Waals surface area contributed by atoms with Crippen molar-refractivity contribution in [3.63, 3.8) is 0 Å². The van der Waals surface area contributed by atoms with Crippen LogP contribution in [-0.4, -0.2) is 24.3 Å². The Labute approximate surface area is 183 Å². The number of aromatic nitrogens is 2. The Kier molecular flexibility index (Phi) is 5.62. The summed E-state index contributed by atoms with van der Waals surface area (Å²) in [6.45, 7) is 3.41. The van der Waals surface area contributed by atoms with Crippen LogP contribution >= 0.6 is 0 Å². The lowest BCUT2D eigenvalue weighted by Crippen LogP contribution is -2.16. The molecular formula is C22H19FN4O4S. The van der Waals surface area contributed by atoms with E-state index in [9.17, 15) is 17.6 Å². The molecule has 2 N–H and O–H groups in total. The molecule has 32 heavy (non-hydrogen) atoms. The highest BCUT2D eigenvalue weighted by molar-refractivity contribution is 7.92. The molecule has 2 aromatic heterocycles. The standard InChI is InChI=1S/C22H19FN4O4S/c1-13-9-21(25-14(2)24-13)27-32(29,30)18-6-4-17(5-7-18)26-22(28)10-15-12-31-20-8-3-16(23)11-19(15)20/h3-9,11-12H,10H2,1-2H3,(H,26,28)(H,24,25,27). The van der Waals surface area contributed by atoms with Gasteiger partial charge in [-0.05, 0) is 56.3 Å². The minimum atomic E-state index is -3.86. The number of nitrogens with zero attached hydrogens (tertiary/aromatic N) is 2. The van der Waals surface area contributed by atoms with Gasteiger partial charge in [-0.15, -0.1) is 0 Å². The van der Waals surface area contributed by atoms with Gasteiger partial charge in [-0.25, -0.2) is 22.8 Å². The van der Waals surface area contributed by atoms with Crippen molar-refractivity contribution < 1.29 is 22.0 Å². The van der Waals surface area contributed by atoms with Gasteiger partial charge in [0.15, 0.2) is 0 Å². The van der Waals surface area contributed by atoms with E-state index in [-0.39, 0.29) is 23.0 Å². The summed E-state index contributed by atoms with van der Waals surface area (Å²) in [5.74, 6) is -0.138. The molecule has 0 saturated heterocycles. The predicted molar refractivity (Wildman–Crippen MR) is 117 cm³/mol. The largest absolute Gasteiger partial charge is 0.464 e. The number of carbonyl (C=O) groups is 1. The number of hydrogen-bond acceptors (Lipinski definition) is 6. The zero-order valence-electron chi connectivity index (χ0n) is 17.2. The fourth-order valence-electron chi connectivity index (χ4n) is 3.25. The fourth-order valence-corrected chi connectivity index (χ4v) is 4.24. The van der Waals surface area contributed by atoms with Crippen LogP contribution in [0.4, 0.5) is 15.9 Å². The first kappa shape index (κ1) is 21.4. The Bertz CT molecular complexity index is 1400. The molecule has 164 valence electrons. The van der Waals surface area contributed by atoms with Gasteiger partial charge in [0.25, 0.3) is 10.0 Å². The molecule has 0 atom stereocenters. The molecule has 8 nitrogen and oxygen atoms in total. The van der Waals surface area contributed by atoms with Crippen LogP contribution in [-0.2, 0) is 21.2 Å². The van der Waals surface area contributed by atoms with Crippen LogP contribution in [0.5, 0.6) is 0 Å². The Balaban J connectivity index is 1.44. The SMILES string of the molecule is Cc1cc(NS(=O)(=O)c2ccc(NC(=O)Cc3coc4ccc(F)cc34)cc2)nc(C)n1. The second-order valence-electron chi connectivity index (χ2n) is 7.20. The minimum Gasteiger partial charge on any atom is -0.464 e. The summed E-state index contributed by atoms with van der Waals surface area (Å²) in [5.41, 5.74) is 2.10. The summed E-state index contributed by atoms with van der Waals surface area (Å²) in [6.07, 6.45) is 1.39. The smallest absolute Gasteiger partial charge is 0.263 e. The zero-order valence-corrected chi connectivity index (χ0v) is 18.0. The molecule has 4 rings (SSSR count). The topological polar surface area (TPSA) is 114 Å². The summed E-state index contributed by atoms with van der Waals surface area (Å²) in [7, 11) is -3.86. The first-order valence-electron chi connectivity index (χ1n) is 9.60. The molecule has 0 radical (unpaired) electrons. The van der Waals surface area contributed by atoms with Gasteiger partial charge in [0.1, 0.15) is 23.0 Å².